The smallest absolute Gasteiger partial charge is 0.416 e. The fourth-order valence-corrected chi connectivity index (χ4v) is 14.8. The zero-order valence-electron chi connectivity index (χ0n) is 58.4. The van der Waals surface area contributed by atoms with Gasteiger partial charge in [-0.05, 0) is 160 Å². The SMILES string of the molecule is C.CCC(=O)N(C)CCCN1CCc2cc(N(C)CCCCCC(=O)N(C)CCN3CCC(OC(=O)Nc4ccccc4-c4ccccc4)CC3)ccc2C1=O.CO[C@H]1Cc2ccccc2C12CCN(CC[C@@]1(c3ccc(F)cc3)CN(C(=O)c3cc(C(F)(F)F)cc(C(F)(F)F)c3)CO1)CC2. The van der Waals surface area contributed by atoms with Crippen molar-refractivity contribution in [3.8, 4) is 11.1 Å². The number of nitrogens with zero attached hydrogens (tertiary/aromatic N) is 7. The fraction of sp³-hybridized carbons (Fsp3) is 0.481. The molecule has 5 amide bonds. The topological polar surface area (TPSA) is 148 Å². The number of ether oxygens (including phenoxy) is 3. The Hall–Kier alpha value is -8.38. The Balaban J connectivity index is 0.000000238. The number of methoxy groups -OCH3 is 1. The number of hydrogen-bond acceptors (Lipinski definition) is 11. The molecular formula is C79H97F7N8O8. The number of para-hydroxylation sites is 1. The lowest BCUT2D eigenvalue weighted by molar-refractivity contribution is -0.143. The van der Waals surface area contributed by atoms with Gasteiger partial charge in [-0.3, -0.25) is 24.5 Å². The Morgan fingerprint density at radius 3 is 2.01 bits per heavy atom. The molecular weight excluding hydrogens is 1320 g/mol. The van der Waals surface area contributed by atoms with E-state index in [0.29, 0.717) is 69.7 Å². The Morgan fingerprint density at radius 1 is 0.667 bits per heavy atom. The normalized spacial score (nSPS) is 18.4. The Bertz CT molecular complexity index is 3780. The quantitative estimate of drug-likeness (QED) is 0.0456. The van der Waals surface area contributed by atoms with Gasteiger partial charge < -0.3 is 48.5 Å². The van der Waals surface area contributed by atoms with E-state index in [0.717, 1.165) is 142 Å². The Kier molecular flexibility index (Phi) is 26.5. The number of likely N-dealkylation sites (tertiary alicyclic amines) is 2. The molecule has 0 unspecified atom stereocenters. The number of carbonyl (C=O) groups is 5. The molecule has 3 fully saturated rings. The van der Waals surface area contributed by atoms with Crippen LogP contribution in [0.3, 0.4) is 0 Å². The van der Waals surface area contributed by atoms with Crippen LogP contribution in [0.4, 0.5) is 46.9 Å². The third kappa shape index (κ3) is 19.3. The van der Waals surface area contributed by atoms with Gasteiger partial charge in [0.15, 0.2) is 0 Å². The van der Waals surface area contributed by atoms with E-state index < -0.39 is 52.5 Å². The molecule has 102 heavy (non-hydrogen) atoms. The molecule has 4 aliphatic heterocycles. The average Bonchev–Trinajstić information content (AvgIpc) is 1.59. The van der Waals surface area contributed by atoms with Crippen LogP contribution in [-0.2, 0) is 60.0 Å². The second-order valence-corrected chi connectivity index (χ2v) is 27.3. The van der Waals surface area contributed by atoms with Crippen molar-refractivity contribution in [1.29, 1.82) is 0 Å². The largest absolute Gasteiger partial charge is 0.446 e. The maximum atomic E-state index is 13.9. The van der Waals surface area contributed by atoms with E-state index in [2.05, 4.69) is 45.3 Å². The minimum absolute atomic E-state index is 0. The highest BCUT2D eigenvalue weighted by atomic mass is 19.4. The number of rotatable bonds is 24. The van der Waals surface area contributed by atoms with Crippen molar-refractivity contribution in [2.45, 2.75) is 133 Å². The molecule has 1 aliphatic carbocycles. The summed E-state index contributed by atoms with van der Waals surface area (Å²) in [7, 11) is 7.53. The van der Waals surface area contributed by atoms with Crippen molar-refractivity contribution >= 4 is 41.1 Å². The van der Waals surface area contributed by atoms with E-state index in [1.807, 2.05) is 110 Å². The zero-order valence-corrected chi connectivity index (χ0v) is 58.4. The number of alkyl halides is 6. The average molecular weight is 1420 g/mol. The lowest BCUT2D eigenvalue weighted by Crippen LogP contribution is -2.49. The van der Waals surface area contributed by atoms with E-state index in [4.69, 9.17) is 14.2 Å². The lowest BCUT2D eigenvalue weighted by atomic mass is 9.72. The molecule has 5 aliphatic rings. The van der Waals surface area contributed by atoms with Crippen LogP contribution in [0.5, 0.6) is 0 Å². The first-order valence-corrected chi connectivity index (χ1v) is 35.1. The zero-order chi connectivity index (χ0) is 72.1. The summed E-state index contributed by atoms with van der Waals surface area (Å²) in [5.41, 5.74) is 3.75. The van der Waals surface area contributed by atoms with E-state index in [1.54, 1.807) is 12.0 Å². The minimum Gasteiger partial charge on any atom is -0.446 e. The van der Waals surface area contributed by atoms with Gasteiger partial charge in [0.25, 0.3) is 11.8 Å². The van der Waals surface area contributed by atoms with Crippen molar-refractivity contribution in [1.82, 2.24) is 29.4 Å². The second-order valence-electron chi connectivity index (χ2n) is 27.3. The van der Waals surface area contributed by atoms with Crippen molar-refractivity contribution in [3.63, 3.8) is 0 Å². The maximum absolute atomic E-state index is 13.9. The number of carbonyl (C=O) groups excluding carboxylic acids is 5. The van der Waals surface area contributed by atoms with Crippen LogP contribution >= 0.6 is 0 Å². The van der Waals surface area contributed by atoms with Gasteiger partial charge in [-0.15, -0.1) is 0 Å². The van der Waals surface area contributed by atoms with Crippen LogP contribution in [0.2, 0.25) is 0 Å². The molecule has 0 aromatic heterocycles. The molecule has 0 saturated carbocycles. The molecule has 0 bridgehead atoms. The summed E-state index contributed by atoms with van der Waals surface area (Å²) in [6.07, 6.45) is -0.714. The number of benzene rings is 6. The van der Waals surface area contributed by atoms with Gasteiger partial charge in [0.05, 0.1) is 29.5 Å². The first-order chi connectivity index (χ1) is 48.4. The summed E-state index contributed by atoms with van der Waals surface area (Å²) >= 11 is 0. The van der Waals surface area contributed by atoms with Crippen molar-refractivity contribution < 1.29 is 68.9 Å². The number of amides is 5. The van der Waals surface area contributed by atoms with Gasteiger partial charge in [-0.1, -0.05) is 106 Å². The number of halogens is 7. The number of unbranched alkanes of at least 4 members (excludes halogenated alkanes) is 2. The van der Waals surface area contributed by atoms with Gasteiger partial charge in [0.2, 0.25) is 11.8 Å². The molecule has 2 atom stereocenters. The number of anilines is 2. The summed E-state index contributed by atoms with van der Waals surface area (Å²) in [6, 6.07) is 38.7. The van der Waals surface area contributed by atoms with Crippen LogP contribution in [0.1, 0.15) is 139 Å². The van der Waals surface area contributed by atoms with E-state index >= 15 is 0 Å². The van der Waals surface area contributed by atoms with Crippen molar-refractivity contribution in [2.24, 2.45) is 0 Å². The van der Waals surface area contributed by atoms with Crippen LogP contribution in [0.25, 0.3) is 11.1 Å². The molecule has 16 nitrogen and oxygen atoms in total. The maximum Gasteiger partial charge on any atom is 0.416 e. The van der Waals surface area contributed by atoms with Crippen LogP contribution in [0.15, 0.2) is 140 Å². The van der Waals surface area contributed by atoms with Crippen LogP contribution < -0.4 is 10.2 Å². The van der Waals surface area contributed by atoms with Crippen LogP contribution in [-0.4, -0.2) is 185 Å². The van der Waals surface area contributed by atoms with E-state index in [9.17, 15) is 54.7 Å². The first kappa shape index (κ1) is 77.8. The molecule has 6 aromatic carbocycles. The molecule has 550 valence electrons. The highest BCUT2D eigenvalue weighted by Gasteiger charge is 2.50. The van der Waals surface area contributed by atoms with Gasteiger partial charge >= 0.3 is 18.4 Å². The highest BCUT2D eigenvalue weighted by molar-refractivity contribution is 5.97. The molecule has 6 aromatic rings. The Labute approximate surface area is 595 Å². The monoisotopic (exact) mass is 1420 g/mol. The second kappa shape index (κ2) is 34.7. The molecule has 0 radical (unpaired) electrons. The predicted molar refractivity (Wildman–Crippen MR) is 381 cm³/mol. The number of nitrogens with one attached hydrogen (secondary N) is 1. The number of piperidine rings is 2. The molecule has 1 N–H and O–H groups in total. The standard InChI is InChI=1S/C44H60N6O5.C34H33F7N2O3.CH4/c1-5-41(51)47(3)26-14-27-50-30-22-35-33-36(20-21-39(35)43(50)53)46(2)25-13-7-10-19-42(52)48(4)31-32-49-28-23-37(24-29-49)55-44(54)45-40-18-12-11-17-38(40)34-15-8-6-9-16-34;1-45-29-18-22-4-2-3-5-28(22)31(29)10-13-42(14-11-31)15-12-32(24-6-8-27(35)9-7-24)20-43(21-46-32)30(44)23-16-25(33(36,37)38)19-26(17-23)34(39,40)41;/h6,8-9,11-12,15-18,20-21,33,37H,5,7,10,13-14,19,22-32H2,1-4H3,(H,45,54);2-9,16-17,19,29H,10-15,18,20-21H2,1H3;1H4/t;29-,32-;/m.0./s1. The Morgan fingerprint density at radius 2 is 1.32 bits per heavy atom. The fourth-order valence-electron chi connectivity index (χ4n) is 14.8. The minimum atomic E-state index is -5.09. The number of likely N-dealkylation sites (N-methyl/N-ethyl adjacent to an activating group) is 1. The molecule has 3 saturated heterocycles. The van der Waals surface area contributed by atoms with Gasteiger partial charge in [0.1, 0.15) is 24.3 Å². The summed E-state index contributed by atoms with van der Waals surface area (Å²) < 4.78 is 113. The predicted octanol–water partition coefficient (Wildman–Crippen LogP) is 14.6. The summed E-state index contributed by atoms with van der Waals surface area (Å²) in [6.45, 7) is 9.48. The third-order valence-corrected chi connectivity index (χ3v) is 20.8. The third-order valence-electron chi connectivity index (χ3n) is 20.8. The summed E-state index contributed by atoms with van der Waals surface area (Å²) in [5.74, 6) is -1.13. The van der Waals surface area contributed by atoms with Gasteiger partial charge in [0, 0.05) is 128 Å². The van der Waals surface area contributed by atoms with E-state index in [-0.39, 0.29) is 62.1 Å². The van der Waals surface area contributed by atoms with Crippen molar-refractivity contribution in [3.05, 3.63) is 190 Å². The van der Waals surface area contributed by atoms with E-state index in [1.165, 1.54) is 35.4 Å². The van der Waals surface area contributed by atoms with Crippen molar-refractivity contribution in [2.75, 3.05) is 124 Å². The lowest BCUT2D eigenvalue weighted by Gasteiger charge is -2.44. The molecule has 11 rings (SSSR count). The van der Waals surface area contributed by atoms with Crippen LogP contribution in [0, 0.1) is 5.82 Å². The molecule has 4 heterocycles. The molecule has 23 heteroatoms. The summed E-state index contributed by atoms with van der Waals surface area (Å²) in [5, 5.41) is 2.94. The first-order valence-electron chi connectivity index (χ1n) is 35.1. The molecule has 1 spiro atoms. The summed E-state index contributed by atoms with van der Waals surface area (Å²) in [4.78, 5) is 77.5. The van der Waals surface area contributed by atoms with Gasteiger partial charge in [-0.25, -0.2) is 9.18 Å². The number of fused-ring (bicyclic) bond motifs is 3. The highest BCUT2D eigenvalue weighted by Crippen LogP contribution is 2.48. The number of hydrogen-bond donors (Lipinski definition) is 1. The van der Waals surface area contributed by atoms with Gasteiger partial charge in [-0.2, -0.15) is 26.3 Å².